The molecule has 10 nitrogen and oxygen atoms in total. The summed E-state index contributed by atoms with van der Waals surface area (Å²) in [6.45, 7) is 0.136. The molecule has 0 bridgehead atoms. The van der Waals surface area contributed by atoms with Crippen LogP contribution >= 0.6 is 0 Å². The molecule has 164 valence electrons. The molecule has 10 heteroatoms. The summed E-state index contributed by atoms with van der Waals surface area (Å²) < 4.78 is 9.61. The minimum Gasteiger partial charge on any atom is -0.489 e. The molecule has 0 atom stereocenters. The molecule has 31 heavy (non-hydrogen) atoms. The molecule has 4 rings (SSSR count). The van der Waals surface area contributed by atoms with E-state index in [2.05, 4.69) is 15.3 Å². The Labute approximate surface area is 178 Å². The fraction of sp³-hybridized carbons (Fsp3) is 0.476. The lowest BCUT2D eigenvalue weighted by molar-refractivity contribution is -0.116. The third-order valence-electron chi connectivity index (χ3n) is 5.73. The van der Waals surface area contributed by atoms with Gasteiger partial charge in [-0.05, 0) is 30.9 Å². The summed E-state index contributed by atoms with van der Waals surface area (Å²) in [5.41, 5.74) is -0.647. The minimum absolute atomic E-state index is 0.254. The Balaban J connectivity index is 1.52. The number of pyridine rings is 1. The molecule has 1 N–H and O–H groups in total. The normalized spacial score (nSPS) is 14.6. The number of fused-ring (bicyclic) bond motifs is 1. The first-order valence-corrected chi connectivity index (χ1v) is 10.4. The van der Waals surface area contributed by atoms with E-state index < -0.39 is 23.7 Å². The van der Waals surface area contributed by atoms with Crippen LogP contribution in [0.2, 0.25) is 0 Å². The molecule has 3 aromatic heterocycles. The first kappa shape index (κ1) is 20.8. The number of carbonyl (C=O) groups excluding carboxylic acids is 1. The van der Waals surface area contributed by atoms with Crippen LogP contribution in [0, 0.1) is 5.92 Å². The van der Waals surface area contributed by atoms with Gasteiger partial charge in [0, 0.05) is 20.3 Å². The monoisotopic (exact) mass is 426 g/mol. The molecule has 1 saturated carbocycles. The van der Waals surface area contributed by atoms with Gasteiger partial charge in [0.05, 0.1) is 12.9 Å². The predicted octanol–water partition coefficient (Wildman–Crippen LogP) is 1.43. The van der Waals surface area contributed by atoms with Gasteiger partial charge in [-0.1, -0.05) is 19.3 Å². The Morgan fingerprint density at radius 2 is 1.97 bits per heavy atom. The van der Waals surface area contributed by atoms with Crippen molar-refractivity contribution >= 4 is 22.9 Å². The number of anilines is 1. The zero-order valence-corrected chi connectivity index (χ0v) is 17.7. The average Bonchev–Trinajstić information content (AvgIpc) is 3.17. The van der Waals surface area contributed by atoms with Crippen LogP contribution in [0.15, 0.2) is 34.2 Å². The highest BCUT2D eigenvalue weighted by Gasteiger charge is 2.19. The summed E-state index contributed by atoms with van der Waals surface area (Å²) >= 11 is 0. The maximum Gasteiger partial charge on any atom is 0.332 e. The van der Waals surface area contributed by atoms with E-state index in [0.717, 1.165) is 17.4 Å². The molecule has 3 heterocycles. The molecule has 1 aliphatic carbocycles. The fourth-order valence-electron chi connectivity index (χ4n) is 4.01. The highest BCUT2D eigenvalue weighted by Crippen LogP contribution is 2.27. The maximum absolute atomic E-state index is 12.8. The zero-order chi connectivity index (χ0) is 22.0. The summed E-state index contributed by atoms with van der Waals surface area (Å²) in [5.74, 6) is 0.713. The van der Waals surface area contributed by atoms with E-state index in [1.54, 1.807) is 25.4 Å². The molecular formula is C21H26N6O4. The number of rotatable bonds is 6. The second-order valence-corrected chi connectivity index (χ2v) is 7.97. The smallest absolute Gasteiger partial charge is 0.332 e. The van der Waals surface area contributed by atoms with Gasteiger partial charge in [-0.15, -0.1) is 0 Å². The third-order valence-corrected chi connectivity index (χ3v) is 5.73. The number of aryl methyl sites for hydroxylation is 2. The van der Waals surface area contributed by atoms with Crippen LogP contribution in [-0.4, -0.2) is 36.2 Å². The van der Waals surface area contributed by atoms with Crippen LogP contribution in [0.25, 0.3) is 11.2 Å². The number of carbonyl (C=O) groups is 1. The SMILES string of the molecule is Cn1cnc2c1c(=O)n(CC(=O)Nc1ncccc1OCC1CCCCC1)c(=O)n2C. The summed E-state index contributed by atoms with van der Waals surface area (Å²) in [6.07, 6.45) is 9.00. The van der Waals surface area contributed by atoms with Crippen molar-refractivity contribution in [2.75, 3.05) is 11.9 Å². The van der Waals surface area contributed by atoms with Crippen LogP contribution in [0.5, 0.6) is 5.75 Å². The van der Waals surface area contributed by atoms with E-state index in [-0.39, 0.29) is 17.0 Å². The van der Waals surface area contributed by atoms with Crippen LogP contribution < -0.4 is 21.3 Å². The predicted molar refractivity (Wildman–Crippen MR) is 115 cm³/mol. The highest BCUT2D eigenvalue weighted by atomic mass is 16.5. The summed E-state index contributed by atoms with van der Waals surface area (Å²) in [7, 11) is 3.18. The zero-order valence-electron chi connectivity index (χ0n) is 17.7. The molecule has 1 aliphatic rings. The lowest BCUT2D eigenvalue weighted by Crippen LogP contribution is -2.42. The van der Waals surface area contributed by atoms with Crippen LogP contribution in [0.1, 0.15) is 32.1 Å². The van der Waals surface area contributed by atoms with E-state index >= 15 is 0 Å². The molecular weight excluding hydrogens is 400 g/mol. The van der Waals surface area contributed by atoms with Gasteiger partial charge in [-0.2, -0.15) is 0 Å². The Morgan fingerprint density at radius 1 is 1.19 bits per heavy atom. The molecule has 1 fully saturated rings. The van der Waals surface area contributed by atoms with Crippen LogP contribution in [0.3, 0.4) is 0 Å². The number of imidazole rings is 1. The third kappa shape index (κ3) is 4.23. The van der Waals surface area contributed by atoms with Gasteiger partial charge < -0.3 is 14.6 Å². The minimum atomic E-state index is -0.610. The quantitative estimate of drug-likeness (QED) is 0.638. The second kappa shape index (κ2) is 8.75. The number of hydrogen-bond donors (Lipinski definition) is 1. The molecule has 3 aromatic rings. The van der Waals surface area contributed by atoms with Crippen molar-refractivity contribution in [2.45, 2.75) is 38.6 Å². The van der Waals surface area contributed by atoms with Crippen LogP contribution in [0.4, 0.5) is 5.82 Å². The van der Waals surface area contributed by atoms with Gasteiger partial charge in [0.25, 0.3) is 5.56 Å². The molecule has 0 aromatic carbocycles. The van der Waals surface area contributed by atoms with Crippen molar-refractivity contribution in [2.24, 2.45) is 20.0 Å². The molecule has 0 unspecified atom stereocenters. The van der Waals surface area contributed by atoms with Gasteiger partial charge in [-0.25, -0.2) is 19.3 Å². The standard InChI is InChI=1S/C21H26N6O4/c1-25-13-23-19-17(25)20(29)27(21(30)26(19)2)11-16(28)24-18-15(9-6-10-22-18)31-12-14-7-4-3-5-8-14/h6,9-10,13-14H,3-5,7-8,11-12H2,1-2H3,(H,22,24,28). The molecule has 0 aliphatic heterocycles. The van der Waals surface area contributed by atoms with E-state index in [1.807, 2.05) is 0 Å². The lowest BCUT2D eigenvalue weighted by atomic mass is 9.90. The first-order chi connectivity index (χ1) is 15.0. The second-order valence-electron chi connectivity index (χ2n) is 7.97. The summed E-state index contributed by atoms with van der Waals surface area (Å²) in [4.78, 5) is 46.3. The van der Waals surface area contributed by atoms with Crippen molar-refractivity contribution in [3.8, 4) is 5.75 Å². The first-order valence-electron chi connectivity index (χ1n) is 10.4. The van der Waals surface area contributed by atoms with Gasteiger partial charge in [-0.3, -0.25) is 14.2 Å². The van der Waals surface area contributed by atoms with Crippen molar-refractivity contribution in [3.05, 3.63) is 45.5 Å². The summed E-state index contributed by atoms with van der Waals surface area (Å²) in [5, 5.41) is 2.67. The Kier molecular flexibility index (Phi) is 5.88. The number of hydrogen-bond acceptors (Lipinski definition) is 6. The Morgan fingerprint density at radius 3 is 2.74 bits per heavy atom. The number of nitrogens with one attached hydrogen (secondary N) is 1. The molecule has 0 radical (unpaired) electrons. The van der Waals surface area contributed by atoms with E-state index in [9.17, 15) is 14.4 Å². The van der Waals surface area contributed by atoms with Crippen molar-refractivity contribution < 1.29 is 9.53 Å². The number of nitrogens with zero attached hydrogens (tertiary/aromatic N) is 5. The maximum atomic E-state index is 12.8. The van der Waals surface area contributed by atoms with E-state index in [0.29, 0.717) is 18.3 Å². The largest absolute Gasteiger partial charge is 0.489 e. The van der Waals surface area contributed by atoms with Gasteiger partial charge in [0.2, 0.25) is 5.91 Å². The average molecular weight is 426 g/mol. The molecule has 0 spiro atoms. The number of aromatic nitrogens is 5. The molecule has 1 amide bonds. The van der Waals surface area contributed by atoms with Gasteiger partial charge >= 0.3 is 5.69 Å². The van der Waals surface area contributed by atoms with Gasteiger partial charge in [0.15, 0.2) is 22.7 Å². The fourth-order valence-corrected chi connectivity index (χ4v) is 4.01. The van der Waals surface area contributed by atoms with Gasteiger partial charge in [0.1, 0.15) is 6.54 Å². The number of amides is 1. The molecule has 0 saturated heterocycles. The Bertz CT molecular complexity index is 1220. The highest BCUT2D eigenvalue weighted by molar-refractivity contribution is 5.91. The van der Waals surface area contributed by atoms with E-state index in [1.165, 1.54) is 41.8 Å². The Hall–Kier alpha value is -3.43. The van der Waals surface area contributed by atoms with E-state index in [4.69, 9.17) is 4.74 Å². The lowest BCUT2D eigenvalue weighted by Gasteiger charge is -2.22. The van der Waals surface area contributed by atoms with Crippen molar-refractivity contribution in [3.63, 3.8) is 0 Å². The van der Waals surface area contributed by atoms with Crippen molar-refractivity contribution in [1.82, 2.24) is 23.7 Å². The topological polar surface area (TPSA) is 113 Å². The van der Waals surface area contributed by atoms with Crippen molar-refractivity contribution in [1.29, 1.82) is 0 Å². The summed E-state index contributed by atoms with van der Waals surface area (Å²) in [6, 6.07) is 3.49. The van der Waals surface area contributed by atoms with Crippen LogP contribution in [-0.2, 0) is 25.4 Å². The number of ether oxygens (including phenoxy) is 1.